The van der Waals surface area contributed by atoms with Gasteiger partial charge in [0.25, 0.3) is 0 Å². The van der Waals surface area contributed by atoms with Crippen molar-refractivity contribution in [2.24, 2.45) is 0 Å². The van der Waals surface area contributed by atoms with E-state index in [1.165, 1.54) is 0 Å². The van der Waals surface area contributed by atoms with Gasteiger partial charge >= 0.3 is 0 Å². The van der Waals surface area contributed by atoms with Crippen molar-refractivity contribution in [1.82, 2.24) is 25.3 Å². The molecule has 0 aromatic carbocycles. The maximum Gasteiger partial charge on any atom is 0.228 e. The van der Waals surface area contributed by atoms with Gasteiger partial charge in [-0.15, -0.1) is 11.3 Å². The Labute approximate surface area is 133 Å². The van der Waals surface area contributed by atoms with Gasteiger partial charge in [-0.2, -0.15) is 4.98 Å². The summed E-state index contributed by atoms with van der Waals surface area (Å²) in [5.41, 5.74) is 1.05. The molecule has 2 aromatic heterocycles. The molecule has 0 bridgehead atoms. The zero-order valence-electron chi connectivity index (χ0n) is 13.1. The Kier molecular flexibility index (Phi) is 6.02. The molecule has 22 heavy (non-hydrogen) atoms. The van der Waals surface area contributed by atoms with Crippen LogP contribution in [0.5, 0.6) is 0 Å². The van der Waals surface area contributed by atoms with Crippen molar-refractivity contribution in [3.63, 3.8) is 0 Å². The molecule has 2 aromatic rings. The van der Waals surface area contributed by atoms with Gasteiger partial charge in [0.15, 0.2) is 5.82 Å². The van der Waals surface area contributed by atoms with Crippen molar-refractivity contribution >= 4 is 17.2 Å². The quantitative estimate of drug-likeness (QED) is 0.793. The summed E-state index contributed by atoms with van der Waals surface area (Å²) < 4.78 is 4.83. The highest BCUT2D eigenvalue weighted by atomic mass is 32.1. The highest BCUT2D eigenvalue weighted by molar-refractivity contribution is 7.09. The number of carbonyl (C=O) groups excluding carboxylic acids is 1. The standard InChI is InChI=1S/C14H21N5O2S/c1-4-19(5-2)8-11-9-22-14(17-11)7-15-13(20)6-12-16-10(3)21-18-12/h9H,4-8H2,1-3H3,(H,15,20). The van der Waals surface area contributed by atoms with Crippen LogP contribution in [0.1, 0.15) is 36.3 Å². The molecule has 0 radical (unpaired) electrons. The molecule has 8 heteroatoms. The van der Waals surface area contributed by atoms with Crippen molar-refractivity contribution in [3.8, 4) is 0 Å². The Morgan fingerprint density at radius 2 is 2.14 bits per heavy atom. The molecule has 120 valence electrons. The van der Waals surface area contributed by atoms with E-state index in [0.29, 0.717) is 18.3 Å². The summed E-state index contributed by atoms with van der Waals surface area (Å²) in [4.78, 5) is 22.7. The Morgan fingerprint density at radius 3 is 2.77 bits per heavy atom. The van der Waals surface area contributed by atoms with Crippen LogP contribution < -0.4 is 5.32 Å². The van der Waals surface area contributed by atoms with Crippen LogP contribution in [-0.4, -0.2) is 39.0 Å². The van der Waals surface area contributed by atoms with E-state index in [4.69, 9.17) is 4.52 Å². The van der Waals surface area contributed by atoms with Gasteiger partial charge < -0.3 is 9.84 Å². The van der Waals surface area contributed by atoms with Gasteiger partial charge in [-0.25, -0.2) is 4.98 Å². The summed E-state index contributed by atoms with van der Waals surface area (Å²) in [6.45, 7) is 9.25. The van der Waals surface area contributed by atoms with E-state index in [1.807, 2.05) is 5.38 Å². The lowest BCUT2D eigenvalue weighted by Gasteiger charge is -2.15. The highest BCUT2D eigenvalue weighted by Gasteiger charge is 2.10. The molecule has 0 aliphatic heterocycles. The number of aryl methyl sites for hydroxylation is 1. The molecule has 0 aliphatic carbocycles. The second-order valence-electron chi connectivity index (χ2n) is 4.88. The number of hydrogen-bond donors (Lipinski definition) is 1. The van der Waals surface area contributed by atoms with Crippen molar-refractivity contribution in [3.05, 3.63) is 27.8 Å². The SMILES string of the molecule is CCN(CC)Cc1csc(CNC(=O)Cc2noc(C)n2)n1. The second kappa shape index (κ2) is 8.00. The first-order valence-corrected chi connectivity index (χ1v) is 8.20. The molecule has 0 unspecified atom stereocenters. The Morgan fingerprint density at radius 1 is 1.36 bits per heavy atom. The molecule has 0 atom stereocenters. The minimum Gasteiger partial charge on any atom is -0.349 e. The number of hydrogen-bond acceptors (Lipinski definition) is 7. The predicted octanol–water partition coefficient (Wildman–Crippen LogP) is 1.54. The van der Waals surface area contributed by atoms with Gasteiger partial charge in [-0.1, -0.05) is 19.0 Å². The van der Waals surface area contributed by atoms with E-state index in [2.05, 4.69) is 39.2 Å². The lowest BCUT2D eigenvalue weighted by molar-refractivity contribution is -0.120. The maximum atomic E-state index is 11.8. The fourth-order valence-corrected chi connectivity index (χ4v) is 2.70. The molecule has 0 saturated carbocycles. The lowest BCUT2D eigenvalue weighted by atomic mass is 10.4. The Bertz CT molecular complexity index is 606. The molecule has 0 saturated heterocycles. The van der Waals surface area contributed by atoms with E-state index in [-0.39, 0.29) is 12.3 Å². The molecular weight excluding hydrogens is 302 g/mol. The molecule has 2 rings (SSSR count). The van der Waals surface area contributed by atoms with Crippen LogP contribution in [-0.2, 0) is 24.3 Å². The minimum atomic E-state index is -0.138. The first-order valence-electron chi connectivity index (χ1n) is 7.32. The summed E-state index contributed by atoms with van der Waals surface area (Å²) in [5.74, 6) is 0.724. The number of amides is 1. The van der Waals surface area contributed by atoms with Gasteiger partial charge in [0.2, 0.25) is 11.8 Å². The van der Waals surface area contributed by atoms with E-state index < -0.39 is 0 Å². The van der Waals surface area contributed by atoms with Gasteiger partial charge in [0.05, 0.1) is 18.7 Å². The molecule has 1 amide bonds. The zero-order chi connectivity index (χ0) is 15.9. The van der Waals surface area contributed by atoms with E-state index in [1.54, 1.807) is 18.3 Å². The van der Waals surface area contributed by atoms with Crippen LogP contribution in [0, 0.1) is 6.92 Å². The molecule has 0 spiro atoms. The van der Waals surface area contributed by atoms with Crippen molar-refractivity contribution in [2.75, 3.05) is 13.1 Å². The van der Waals surface area contributed by atoms with Crippen LogP contribution in [0.2, 0.25) is 0 Å². The van der Waals surface area contributed by atoms with Crippen LogP contribution in [0.25, 0.3) is 0 Å². The smallest absolute Gasteiger partial charge is 0.228 e. The summed E-state index contributed by atoms with van der Waals surface area (Å²) in [5, 5.41) is 9.47. The molecule has 0 fully saturated rings. The summed E-state index contributed by atoms with van der Waals surface area (Å²) in [6.07, 6.45) is 0.120. The molecule has 2 heterocycles. The van der Waals surface area contributed by atoms with Gasteiger partial charge in [0, 0.05) is 18.8 Å². The number of carbonyl (C=O) groups is 1. The predicted molar refractivity (Wildman–Crippen MR) is 83.3 cm³/mol. The average molecular weight is 323 g/mol. The lowest BCUT2D eigenvalue weighted by Crippen LogP contribution is -2.25. The fraction of sp³-hybridized carbons (Fsp3) is 0.571. The van der Waals surface area contributed by atoms with E-state index in [9.17, 15) is 4.79 Å². The normalized spacial score (nSPS) is 11.1. The summed E-state index contributed by atoms with van der Waals surface area (Å²) in [6, 6.07) is 0. The second-order valence-corrected chi connectivity index (χ2v) is 5.82. The number of aromatic nitrogens is 3. The van der Waals surface area contributed by atoms with E-state index >= 15 is 0 Å². The third-order valence-corrected chi connectivity index (χ3v) is 4.10. The first-order chi connectivity index (χ1) is 10.6. The van der Waals surface area contributed by atoms with Crippen LogP contribution in [0.3, 0.4) is 0 Å². The third kappa shape index (κ3) is 4.88. The number of rotatable bonds is 8. The molecule has 0 aliphatic rings. The number of nitrogens with zero attached hydrogens (tertiary/aromatic N) is 4. The van der Waals surface area contributed by atoms with Crippen molar-refractivity contribution in [1.29, 1.82) is 0 Å². The van der Waals surface area contributed by atoms with Crippen molar-refractivity contribution in [2.45, 2.75) is 40.3 Å². The minimum absolute atomic E-state index is 0.120. The Balaban J connectivity index is 1.79. The average Bonchev–Trinajstić information content (AvgIpc) is 3.11. The monoisotopic (exact) mass is 323 g/mol. The molecule has 1 N–H and O–H groups in total. The van der Waals surface area contributed by atoms with Crippen molar-refractivity contribution < 1.29 is 9.32 Å². The van der Waals surface area contributed by atoms with Crippen LogP contribution in [0.15, 0.2) is 9.90 Å². The Hall–Kier alpha value is -1.80. The summed E-state index contributed by atoms with van der Waals surface area (Å²) >= 11 is 1.56. The van der Waals surface area contributed by atoms with Crippen LogP contribution in [0.4, 0.5) is 0 Å². The molecule has 7 nitrogen and oxygen atoms in total. The van der Waals surface area contributed by atoms with Crippen LogP contribution >= 0.6 is 11.3 Å². The topological polar surface area (TPSA) is 84.2 Å². The largest absolute Gasteiger partial charge is 0.349 e. The fourth-order valence-electron chi connectivity index (χ4n) is 1.97. The van der Waals surface area contributed by atoms with E-state index in [0.717, 1.165) is 30.3 Å². The maximum absolute atomic E-state index is 11.8. The molecular formula is C14H21N5O2S. The number of thiazole rings is 1. The first kappa shape index (κ1) is 16.6. The van der Waals surface area contributed by atoms with Gasteiger partial charge in [0.1, 0.15) is 5.01 Å². The third-order valence-electron chi connectivity index (χ3n) is 3.20. The summed E-state index contributed by atoms with van der Waals surface area (Å²) in [7, 11) is 0. The van der Waals surface area contributed by atoms with Gasteiger partial charge in [-0.3, -0.25) is 9.69 Å². The van der Waals surface area contributed by atoms with Gasteiger partial charge in [-0.05, 0) is 13.1 Å². The highest BCUT2D eigenvalue weighted by Crippen LogP contribution is 2.11. The zero-order valence-corrected chi connectivity index (χ0v) is 13.9. The number of nitrogens with one attached hydrogen (secondary N) is 1.